The van der Waals surface area contributed by atoms with E-state index in [4.69, 9.17) is 11.6 Å². The molecule has 1 aliphatic rings. The summed E-state index contributed by atoms with van der Waals surface area (Å²) in [5.74, 6) is 0.877. The predicted octanol–water partition coefficient (Wildman–Crippen LogP) is 3.88. The third-order valence-electron chi connectivity index (χ3n) is 3.62. The van der Waals surface area contributed by atoms with E-state index in [0.29, 0.717) is 0 Å². The van der Waals surface area contributed by atoms with E-state index < -0.39 is 0 Å². The number of thiazole rings is 1. The molecule has 2 nitrogen and oxygen atoms in total. The van der Waals surface area contributed by atoms with Crippen molar-refractivity contribution in [1.29, 1.82) is 0 Å². The Morgan fingerprint density at radius 1 is 1.33 bits per heavy atom. The van der Waals surface area contributed by atoms with Crippen LogP contribution in [0, 0.1) is 5.92 Å². The minimum absolute atomic E-state index is 0.802. The number of benzene rings is 1. The summed E-state index contributed by atoms with van der Waals surface area (Å²) in [6, 6.07) is 5.95. The molecule has 0 unspecified atom stereocenters. The van der Waals surface area contributed by atoms with Crippen molar-refractivity contribution in [3.05, 3.63) is 28.2 Å². The summed E-state index contributed by atoms with van der Waals surface area (Å²) in [4.78, 5) is 4.68. The Hall–Kier alpha value is -0.640. The molecule has 0 radical (unpaired) electrons. The van der Waals surface area contributed by atoms with Crippen LogP contribution >= 0.6 is 22.9 Å². The number of aromatic nitrogens is 1. The van der Waals surface area contributed by atoms with Crippen LogP contribution in [-0.2, 0) is 6.42 Å². The zero-order chi connectivity index (χ0) is 12.4. The summed E-state index contributed by atoms with van der Waals surface area (Å²) in [6.07, 6.45) is 5.02. The van der Waals surface area contributed by atoms with Gasteiger partial charge in [-0.3, -0.25) is 0 Å². The van der Waals surface area contributed by atoms with Crippen LogP contribution in [0.1, 0.15) is 24.3 Å². The Bertz CT molecular complexity index is 532. The van der Waals surface area contributed by atoms with Crippen molar-refractivity contribution in [2.45, 2.75) is 25.7 Å². The second-order valence-electron chi connectivity index (χ2n) is 4.95. The highest BCUT2D eigenvalue weighted by Crippen LogP contribution is 2.27. The third kappa shape index (κ3) is 2.85. The van der Waals surface area contributed by atoms with E-state index in [9.17, 15) is 0 Å². The van der Waals surface area contributed by atoms with Gasteiger partial charge in [-0.15, -0.1) is 11.3 Å². The summed E-state index contributed by atoms with van der Waals surface area (Å²) in [6.45, 7) is 2.36. The van der Waals surface area contributed by atoms with Crippen molar-refractivity contribution in [2.24, 2.45) is 5.92 Å². The van der Waals surface area contributed by atoms with Crippen molar-refractivity contribution in [3.8, 4) is 0 Å². The van der Waals surface area contributed by atoms with Gasteiger partial charge in [-0.25, -0.2) is 4.98 Å². The van der Waals surface area contributed by atoms with E-state index >= 15 is 0 Å². The van der Waals surface area contributed by atoms with Crippen LogP contribution in [0.5, 0.6) is 0 Å². The Labute approximate surface area is 116 Å². The molecule has 0 spiro atoms. The summed E-state index contributed by atoms with van der Waals surface area (Å²) in [5.41, 5.74) is 1.09. The first-order valence-corrected chi connectivity index (χ1v) is 7.76. The average molecular weight is 281 g/mol. The van der Waals surface area contributed by atoms with E-state index in [2.05, 4.69) is 10.3 Å². The lowest BCUT2D eigenvalue weighted by atomic mass is 9.93. The highest BCUT2D eigenvalue weighted by atomic mass is 35.5. The smallest absolute Gasteiger partial charge is 0.0938 e. The second-order valence-corrected chi connectivity index (χ2v) is 6.50. The van der Waals surface area contributed by atoms with E-state index in [1.807, 2.05) is 18.2 Å². The molecule has 3 rings (SSSR count). The maximum Gasteiger partial charge on any atom is 0.0938 e. The lowest BCUT2D eigenvalue weighted by molar-refractivity contribution is 0.354. The van der Waals surface area contributed by atoms with Gasteiger partial charge in [0.05, 0.1) is 15.2 Å². The highest BCUT2D eigenvalue weighted by Gasteiger charge is 2.14. The molecule has 4 heteroatoms. The van der Waals surface area contributed by atoms with Gasteiger partial charge in [-0.05, 0) is 62.9 Å². The van der Waals surface area contributed by atoms with Gasteiger partial charge in [0, 0.05) is 5.02 Å². The summed E-state index contributed by atoms with van der Waals surface area (Å²) >= 11 is 7.79. The zero-order valence-corrected chi connectivity index (χ0v) is 11.9. The monoisotopic (exact) mass is 280 g/mol. The molecule has 0 aliphatic carbocycles. The third-order valence-corrected chi connectivity index (χ3v) is 4.93. The van der Waals surface area contributed by atoms with Crippen LogP contribution in [0.15, 0.2) is 18.2 Å². The number of hydrogen-bond acceptors (Lipinski definition) is 3. The quantitative estimate of drug-likeness (QED) is 0.923. The summed E-state index contributed by atoms with van der Waals surface area (Å²) in [7, 11) is 0. The van der Waals surface area contributed by atoms with Crippen molar-refractivity contribution in [1.82, 2.24) is 10.3 Å². The number of halogens is 1. The zero-order valence-electron chi connectivity index (χ0n) is 10.3. The molecule has 1 saturated heterocycles. The van der Waals surface area contributed by atoms with Crippen molar-refractivity contribution >= 4 is 33.2 Å². The maximum absolute atomic E-state index is 6.00. The SMILES string of the molecule is Clc1ccc2nc(CCC3CCNCC3)sc2c1. The van der Waals surface area contributed by atoms with Crippen LogP contribution in [0.25, 0.3) is 10.2 Å². The number of nitrogens with zero attached hydrogens (tertiary/aromatic N) is 1. The molecular weight excluding hydrogens is 264 g/mol. The normalized spacial score (nSPS) is 17.4. The standard InChI is InChI=1S/C14H17ClN2S/c15-11-2-3-12-13(9-11)18-14(17-12)4-1-10-5-7-16-8-6-10/h2-3,9-10,16H,1,4-8H2. The molecule has 1 aromatic carbocycles. The first-order valence-electron chi connectivity index (χ1n) is 6.57. The fraction of sp³-hybridized carbons (Fsp3) is 0.500. The molecular formula is C14H17ClN2S. The Morgan fingerprint density at radius 2 is 2.17 bits per heavy atom. The molecule has 0 saturated carbocycles. The van der Waals surface area contributed by atoms with Crippen LogP contribution in [0.3, 0.4) is 0 Å². The van der Waals surface area contributed by atoms with Gasteiger partial charge in [0.15, 0.2) is 0 Å². The van der Waals surface area contributed by atoms with E-state index in [1.54, 1.807) is 11.3 Å². The molecule has 0 bridgehead atoms. The van der Waals surface area contributed by atoms with Gasteiger partial charge in [0.25, 0.3) is 0 Å². The van der Waals surface area contributed by atoms with Gasteiger partial charge >= 0.3 is 0 Å². The number of aryl methyl sites for hydroxylation is 1. The number of fused-ring (bicyclic) bond motifs is 1. The van der Waals surface area contributed by atoms with Crippen LogP contribution in [0.2, 0.25) is 5.02 Å². The van der Waals surface area contributed by atoms with Crippen molar-refractivity contribution in [3.63, 3.8) is 0 Å². The lowest BCUT2D eigenvalue weighted by Gasteiger charge is -2.21. The summed E-state index contributed by atoms with van der Waals surface area (Å²) < 4.78 is 1.21. The molecule has 1 aliphatic heterocycles. The Kier molecular flexibility index (Phi) is 3.83. The Balaban J connectivity index is 1.67. The highest BCUT2D eigenvalue weighted by molar-refractivity contribution is 7.18. The van der Waals surface area contributed by atoms with Crippen LogP contribution in [-0.4, -0.2) is 18.1 Å². The minimum atomic E-state index is 0.802. The van der Waals surface area contributed by atoms with Crippen LogP contribution in [0.4, 0.5) is 0 Å². The molecule has 0 atom stereocenters. The van der Waals surface area contributed by atoms with E-state index in [1.165, 1.54) is 42.1 Å². The second kappa shape index (κ2) is 5.55. The Morgan fingerprint density at radius 3 is 3.00 bits per heavy atom. The van der Waals surface area contributed by atoms with Crippen molar-refractivity contribution < 1.29 is 0 Å². The largest absolute Gasteiger partial charge is 0.317 e. The fourth-order valence-electron chi connectivity index (χ4n) is 2.55. The van der Waals surface area contributed by atoms with Crippen LogP contribution < -0.4 is 5.32 Å². The average Bonchev–Trinajstić information content (AvgIpc) is 2.79. The number of rotatable bonds is 3. The topological polar surface area (TPSA) is 24.9 Å². The molecule has 1 N–H and O–H groups in total. The first kappa shape index (κ1) is 12.4. The molecule has 1 aromatic heterocycles. The molecule has 2 heterocycles. The van der Waals surface area contributed by atoms with E-state index in [0.717, 1.165) is 22.9 Å². The number of hydrogen-bond donors (Lipinski definition) is 1. The van der Waals surface area contributed by atoms with Gasteiger partial charge in [0.2, 0.25) is 0 Å². The van der Waals surface area contributed by atoms with Crippen molar-refractivity contribution in [2.75, 3.05) is 13.1 Å². The fourth-order valence-corrected chi connectivity index (χ4v) is 3.81. The van der Waals surface area contributed by atoms with Gasteiger partial charge in [0.1, 0.15) is 0 Å². The minimum Gasteiger partial charge on any atom is -0.317 e. The molecule has 96 valence electrons. The number of piperidine rings is 1. The predicted molar refractivity (Wildman–Crippen MR) is 78.5 cm³/mol. The van der Waals surface area contributed by atoms with Gasteiger partial charge in [-0.1, -0.05) is 11.6 Å². The molecule has 0 amide bonds. The molecule has 18 heavy (non-hydrogen) atoms. The summed E-state index contributed by atoms with van der Waals surface area (Å²) in [5, 5.41) is 5.47. The molecule has 1 fully saturated rings. The molecule has 2 aromatic rings. The van der Waals surface area contributed by atoms with Gasteiger partial charge in [-0.2, -0.15) is 0 Å². The first-order chi connectivity index (χ1) is 8.81. The number of nitrogens with one attached hydrogen (secondary N) is 1. The maximum atomic E-state index is 6.00. The van der Waals surface area contributed by atoms with Gasteiger partial charge < -0.3 is 5.32 Å². The lowest BCUT2D eigenvalue weighted by Crippen LogP contribution is -2.27. The van der Waals surface area contributed by atoms with E-state index in [-0.39, 0.29) is 0 Å².